The van der Waals surface area contributed by atoms with Gasteiger partial charge >= 0.3 is 0 Å². The number of rotatable bonds is 3. The van der Waals surface area contributed by atoms with Crippen LogP contribution in [0.5, 0.6) is 0 Å². The fourth-order valence-electron chi connectivity index (χ4n) is 2.78. The second-order valence-electron chi connectivity index (χ2n) is 5.84. The molecule has 3 heterocycles. The van der Waals surface area contributed by atoms with E-state index < -0.39 is 0 Å². The third kappa shape index (κ3) is 3.51. The van der Waals surface area contributed by atoms with Gasteiger partial charge in [0, 0.05) is 25.0 Å². The van der Waals surface area contributed by atoms with Crippen molar-refractivity contribution in [3.05, 3.63) is 41.0 Å². The Morgan fingerprint density at radius 2 is 1.96 bits per heavy atom. The van der Waals surface area contributed by atoms with E-state index in [-0.39, 0.29) is 5.91 Å². The molecule has 2 aromatic rings. The smallest absolute Gasteiger partial charge is 0.274 e. The minimum Gasteiger partial charge on any atom is -0.378 e. The predicted octanol–water partition coefficient (Wildman–Crippen LogP) is 1.89. The zero-order chi connectivity index (χ0) is 17.1. The zero-order valence-corrected chi connectivity index (χ0v) is 14.2. The van der Waals surface area contributed by atoms with Crippen LogP contribution in [0.25, 0.3) is 0 Å². The van der Waals surface area contributed by atoms with Crippen LogP contribution in [0.2, 0.25) is 0 Å². The summed E-state index contributed by atoms with van der Waals surface area (Å²) in [6.45, 7) is 8.52. The number of pyridine rings is 1. The first-order valence-electron chi connectivity index (χ1n) is 7.96. The maximum absolute atomic E-state index is 12.6. The molecule has 2 aromatic heterocycles. The Labute approximate surface area is 141 Å². The van der Waals surface area contributed by atoms with Crippen molar-refractivity contribution in [3.8, 4) is 0 Å². The van der Waals surface area contributed by atoms with Crippen LogP contribution in [-0.2, 0) is 4.74 Å². The van der Waals surface area contributed by atoms with Crippen molar-refractivity contribution in [3.63, 3.8) is 0 Å². The monoisotopic (exact) mass is 327 g/mol. The molecule has 0 saturated carbocycles. The largest absolute Gasteiger partial charge is 0.378 e. The van der Waals surface area contributed by atoms with Gasteiger partial charge in [-0.1, -0.05) is 0 Å². The molecule has 1 aliphatic rings. The van der Waals surface area contributed by atoms with Gasteiger partial charge in [-0.05, 0) is 38.5 Å². The summed E-state index contributed by atoms with van der Waals surface area (Å²) in [5.41, 5.74) is 3.78. The summed E-state index contributed by atoms with van der Waals surface area (Å²) in [7, 11) is 0. The molecule has 3 rings (SSSR count). The zero-order valence-electron chi connectivity index (χ0n) is 14.2. The Hall–Kier alpha value is -2.54. The van der Waals surface area contributed by atoms with E-state index in [1.165, 1.54) is 0 Å². The highest BCUT2D eigenvalue weighted by Crippen LogP contribution is 2.20. The number of carbonyl (C=O) groups excluding carboxylic acids is 1. The third-order valence-electron chi connectivity index (χ3n) is 3.93. The van der Waals surface area contributed by atoms with Gasteiger partial charge in [0.15, 0.2) is 0 Å². The molecular weight excluding hydrogens is 306 g/mol. The maximum Gasteiger partial charge on any atom is 0.274 e. The molecule has 0 spiro atoms. The molecule has 0 bridgehead atoms. The van der Waals surface area contributed by atoms with Crippen molar-refractivity contribution < 1.29 is 9.53 Å². The summed E-state index contributed by atoms with van der Waals surface area (Å²) in [6.07, 6.45) is 1.61. The molecule has 1 amide bonds. The SMILES string of the molecule is Cc1cc(C)c(NC(=O)c2ccnc(N3CCOCC3)n2)c(C)n1. The van der Waals surface area contributed by atoms with E-state index in [0.29, 0.717) is 24.9 Å². The number of hydrogen-bond acceptors (Lipinski definition) is 6. The molecule has 24 heavy (non-hydrogen) atoms. The predicted molar refractivity (Wildman–Crippen MR) is 91.5 cm³/mol. The van der Waals surface area contributed by atoms with Crippen LogP contribution in [0.4, 0.5) is 11.6 Å². The summed E-state index contributed by atoms with van der Waals surface area (Å²) in [5, 5.41) is 2.92. The van der Waals surface area contributed by atoms with E-state index in [1.807, 2.05) is 31.7 Å². The standard InChI is InChI=1S/C17H21N5O2/c1-11-10-12(2)19-13(3)15(11)21-16(23)14-4-5-18-17(20-14)22-6-8-24-9-7-22/h4-5,10H,6-9H2,1-3H3,(H,21,23). The number of nitrogens with zero attached hydrogens (tertiary/aromatic N) is 4. The maximum atomic E-state index is 12.6. The van der Waals surface area contributed by atoms with Crippen molar-refractivity contribution in [1.82, 2.24) is 15.0 Å². The summed E-state index contributed by atoms with van der Waals surface area (Å²) in [5.74, 6) is 0.296. The van der Waals surface area contributed by atoms with E-state index >= 15 is 0 Å². The highest BCUT2D eigenvalue weighted by Gasteiger charge is 2.17. The fourth-order valence-corrected chi connectivity index (χ4v) is 2.78. The lowest BCUT2D eigenvalue weighted by molar-refractivity contribution is 0.102. The summed E-state index contributed by atoms with van der Waals surface area (Å²) in [6, 6.07) is 3.56. The fraction of sp³-hybridized carbons (Fsp3) is 0.412. The lowest BCUT2D eigenvalue weighted by atomic mass is 10.1. The van der Waals surface area contributed by atoms with Gasteiger partial charge in [-0.25, -0.2) is 9.97 Å². The molecule has 7 nitrogen and oxygen atoms in total. The Morgan fingerprint density at radius 3 is 2.67 bits per heavy atom. The van der Waals surface area contributed by atoms with Crippen LogP contribution in [0.3, 0.4) is 0 Å². The topological polar surface area (TPSA) is 80.2 Å². The number of aryl methyl sites for hydroxylation is 3. The molecule has 1 fully saturated rings. The number of amides is 1. The average molecular weight is 327 g/mol. The molecule has 0 aromatic carbocycles. The van der Waals surface area contributed by atoms with Crippen molar-refractivity contribution in [2.24, 2.45) is 0 Å². The highest BCUT2D eigenvalue weighted by atomic mass is 16.5. The molecular formula is C17H21N5O2. The van der Waals surface area contributed by atoms with Crippen LogP contribution in [0.15, 0.2) is 18.3 Å². The van der Waals surface area contributed by atoms with Gasteiger partial charge in [-0.3, -0.25) is 9.78 Å². The van der Waals surface area contributed by atoms with Gasteiger partial charge in [-0.2, -0.15) is 0 Å². The minimum atomic E-state index is -0.260. The average Bonchev–Trinajstić information content (AvgIpc) is 2.59. The number of morpholine rings is 1. The van der Waals surface area contributed by atoms with Gasteiger partial charge in [0.2, 0.25) is 5.95 Å². The molecule has 126 valence electrons. The summed E-state index contributed by atoms with van der Waals surface area (Å²) < 4.78 is 5.33. The van der Waals surface area contributed by atoms with E-state index in [1.54, 1.807) is 12.3 Å². The number of ether oxygens (including phenoxy) is 1. The second kappa shape index (κ2) is 6.92. The minimum absolute atomic E-state index is 0.260. The van der Waals surface area contributed by atoms with E-state index in [4.69, 9.17) is 4.74 Å². The summed E-state index contributed by atoms with van der Waals surface area (Å²) >= 11 is 0. The van der Waals surface area contributed by atoms with Gasteiger partial charge in [0.05, 0.1) is 24.6 Å². The van der Waals surface area contributed by atoms with Crippen molar-refractivity contribution in [2.75, 3.05) is 36.5 Å². The quantitative estimate of drug-likeness (QED) is 0.927. The van der Waals surface area contributed by atoms with Gasteiger partial charge in [-0.15, -0.1) is 0 Å². The lowest BCUT2D eigenvalue weighted by Crippen LogP contribution is -2.37. The Balaban J connectivity index is 1.80. The molecule has 0 radical (unpaired) electrons. The first kappa shape index (κ1) is 16.3. The van der Waals surface area contributed by atoms with Crippen LogP contribution in [-0.4, -0.2) is 47.2 Å². The first-order chi connectivity index (χ1) is 11.5. The van der Waals surface area contributed by atoms with Crippen molar-refractivity contribution >= 4 is 17.5 Å². The van der Waals surface area contributed by atoms with Crippen LogP contribution in [0.1, 0.15) is 27.4 Å². The first-order valence-corrected chi connectivity index (χ1v) is 7.96. The number of anilines is 2. The van der Waals surface area contributed by atoms with Crippen LogP contribution in [0, 0.1) is 20.8 Å². The van der Waals surface area contributed by atoms with Crippen molar-refractivity contribution in [1.29, 1.82) is 0 Å². The van der Waals surface area contributed by atoms with Crippen molar-refractivity contribution in [2.45, 2.75) is 20.8 Å². The number of carbonyl (C=O) groups is 1. The molecule has 7 heteroatoms. The van der Waals surface area contributed by atoms with E-state index in [2.05, 4.69) is 20.3 Å². The number of nitrogens with one attached hydrogen (secondary N) is 1. The second-order valence-corrected chi connectivity index (χ2v) is 5.84. The van der Waals surface area contributed by atoms with E-state index in [0.717, 1.165) is 35.7 Å². The normalized spacial score (nSPS) is 14.5. The molecule has 0 unspecified atom stereocenters. The van der Waals surface area contributed by atoms with Gasteiger partial charge < -0.3 is 15.0 Å². The number of hydrogen-bond donors (Lipinski definition) is 1. The molecule has 1 saturated heterocycles. The molecule has 1 aliphatic heterocycles. The highest BCUT2D eigenvalue weighted by molar-refractivity contribution is 6.03. The van der Waals surface area contributed by atoms with Crippen LogP contribution >= 0.6 is 0 Å². The van der Waals surface area contributed by atoms with E-state index in [9.17, 15) is 4.79 Å². The Bertz CT molecular complexity index is 733. The molecule has 0 atom stereocenters. The number of aromatic nitrogens is 3. The Kier molecular flexibility index (Phi) is 4.71. The van der Waals surface area contributed by atoms with Gasteiger partial charge in [0.25, 0.3) is 5.91 Å². The summed E-state index contributed by atoms with van der Waals surface area (Å²) in [4.78, 5) is 27.6. The Morgan fingerprint density at radius 1 is 1.21 bits per heavy atom. The molecule has 0 aliphatic carbocycles. The third-order valence-corrected chi connectivity index (χ3v) is 3.93. The van der Waals surface area contributed by atoms with Gasteiger partial charge in [0.1, 0.15) is 5.69 Å². The lowest BCUT2D eigenvalue weighted by Gasteiger charge is -2.26. The molecule has 1 N–H and O–H groups in total. The van der Waals surface area contributed by atoms with Crippen LogP contribution < -0.4 is 10.2 Å².